The van der Waals surface area contributed by atoms with Crippen molar-refractivity contribution in [3.63, 3.8) is 0 Å². The first-order valence-electron chi connectivity index (χ1n) is 7.17. The monoisotopic (exact) mass is 315 g/mol. The van der Waals surface area contributed by atoms with Gasteiger partial charge in [0.2, 0.25) is 0 Å². The molecule has 2 N–H and O–H groups in total. The molecule has 1 heterocycles. The van der Waals surface area contributed by atoms with Crippen molar-refractivity contribution in [2.75, 3.05) is 0 Å². The number of aliphatic hydroxyl groups is 1. The van der Waals surface area contributed by atoms with Gasteiger partial charge in [0.05, 0.1) is 24.4 Å². The van der Waals surface area contributed by atoms with E-state index in [0.717, 1.165) is 12.5 Å². The fourth-order valence-corrected chi connectivity index (χ4v) is 3.03. The summed E-state index contributed by atoms with van der Waals surface area (Å²) in [6, 6.07) is 2.47. The molecule has 0 spiro atoms. The predicted molar refractivity (Wildman–Crippen MR) is 71.0 cm³/mol. The number of nitrogens with one attached hydrogen (secondary N) is 1. The van der Waals surface area contributed by atoms with Crippen LogP contribution < -0.4 is 5.32 Å². The number of ether oxygens (including phenoxy) is 1. The minimum Gasteiger partial charge on any atom is -0.390 e. The highest BCUT2D eigenvalue weighted by atomic mass is 19.4. The SMILES string of the molecule is O=C1NCc2c1cc(CO[C@H]1CCC[C@H]1O)cc2C(F)(F)F. The molecule has 1 aliphatic carbocycles. The second-order valence-corrected chi connectivity index (χ2v) is 5.70. The molecule has 120 valence electrons. The van der Waals surface area contributed by atoms with Crippen molar-refractivity contribution in [3.05, 3.63) is 34.4 Å². The lowest BCUT2D eigenvalue weighted by molar-refractivity contribution is -0.138. The maximum atomic E-state index is 13.1. The normalized spacial score (nSPS) is 24.5. The van der Waals surface area contributed by atoms with Crippen molar-refractivity contribution < 1.29 is 27.8 Å². The lowest BCUT2D eigenvalue weighted by Crippen LogP contribution is -2.22. The van der Waals surface area contributed by atoms with E-state index < -0.39 is 23.8 Å². The molecule has 1 aromatic rings. The molecule has 3 rings (SSSR count). The van der Waals surface area contributed by atoms with Gasteiger partial charge < -0.3 is 15.2 Å². The Hall–Kier alpha value is -1.60. The van der Waals surface area contributed by atoms with Gasteiger partial charge in [-0.15, -0.1) is 0 Å². The fourth-order valence-electron chi connectivity index (χ4n) is 3.03. The Bertz CT molecular complexity index is 600. The van der Waals surface area contributed by atoms with Gasteiger partial charge in [0.15, 0.2) is 0 Å². The zero-order valence-corrected chi connectivity index (χ0v) is 11.7. The van der Waals surface area contributed by atoms with Gasteiger partial charge in [0.25, 0.3) is 5.91 Å². The largest absolute Gasteiger partial charge is 0.416 e. The minimum atomic E-state index is -4.51. The quantitative estimate of drug-likeness (QED) is 0.900. The summed E-state index contributed by atoms with van der Waals surface area (Å²) in [7, 11) is 0. The topological polar surface area (TPSA) is 58.6 Å². The number of halogens is 3. The van der Waals surface area contributed by atoms with E-state index in [1.807, 2.05) is 0 Å². The smallest absolute Gasteiger partial charge is 0.390 e. The van der Waals surface area contributed by atoms with Crippen LogP contribution in [0.1, 0.15) is 46.3 Å². The van der Waals surface area contributed by atoms with E-state index in [1.165, 1.54) is 6.07 Å². The number of rotatable bonds is 3. The Morgan fingerprint density at radius 2 is 2.09 bits per heavy atom. The maximum absolute atomic E-state index is 13.1. The Balaban J connectivity index is 1.86. The van der Waals surface area contributed by atoms with Crippen LogP contribution in [-0.4, -0.2) is 23.2 Å². The lowest BCUT2D eigenvalue weighted by atomic mass is 9.99. The molecule has 4 nitrogen and oxygen atoms in total. The van der Waals surface area contributed by atoms with Gasteiger partial charge >= 0.3 is 6.18 Å². The molecule has 0 radical (unpaired) electrons. The second-order valence-electron chi connectivity index (χ2n) is 5.70. The van der Waals surface area contributed by atoms with Gasteiger partial charge in [0.1, 0.15) is 0 Å². The molecule has 1 aromatic carbocycles. The molecule has 2 aliphatic rings. The number of fused-ring (bicyclic) bond motifs is 1. The molecule has 22 heavy (non-hydrogen) atoms. The minimum absolute atomic E-state index is 0.0119. The summed E-state index contributed by atoms with van der Waals surface area (Å²) in [5.74, 6) is -0.497. The molecular formula is C15H16F3NO3. The van der Waals surface area contributed by atoms with Crippen LogP contribution in [-0.2, 0) is 24.1 Å². The number of amides is 1. The zero-order valence-electron chi connectivity index (χ0n) is 11.7. The Labute approximate surface area is 125 Å². The van der Waals surface area contributed by atoms with E-state index in [9.17, 15) is 23.1 Å². The Kier molecular flexibility index (Phi) is 3.86. The van der Waals surface area contributed by atoms with Crippen molar-refractivity contribution in [1.29, 1.82) is 0 Å². The summed E-state index contributed by atoms with van der Waals surface area (Å²) >= 11 is 0. The highest BCUT2D eigenvalue weighted by molar-refractivity contribution is 5.99. The van der Waals surface area contributed by atoms with Crippen LogP contribution in [0.4, 0.5) is 13.2 Å². The van der Waals surface area contributed by atoms with Crippen LogP contribution >= 0.6 is 0 Å². The summed E-state index contributed by atoms with van der Waals surface area (Å²) < 4.78 is 44.9. The average molecular weight is 315 g/mol. The van der Waals surface area contributed by atoms with Gasteiger partial charge in [-0.05, 0) is 42.5 Å². The number of carbonyl (C=O) groups excluding carboxylic acids is 1. The number of carbonyl (C=O) groups is 1. The molecule has 1 fully saturated rings. The lowest BCUT2D eigenvalue weighted by Gasteiger charge is -2.17. The standard InChI is InChI=1S/C15H16F3NO3/c16-15(17,18)11-5-8(4-9-10(11)6-19-14(9)21)7-22-13-3-1-2-12(13)20/h4-5,12-13,20H,1-3,6-7H2,(H,19,21)/t12-,13+/m1/s1. The molecule has 0 saturated heterocycles. The third-order valence-corrected chi connectivity index (χ3v) is 4.17. The molecule has 0 bridgehead atoms. The first kappa shape index (κ1) is 15.3. The van der Waals surface area contributed by atoms with Crippen LogP contribution in [0.2, 0.25) is 0 Å². The van der Waals surface area contributed by atoms with Crippen molar-refractivity contribution in [2.45, 2.75) is 50.8 Å². The molecular weight excluding hydrogens is 299 g/mol. The molecule has 1 amide bonds. The molecule has 1 saturated carbocycles. The molecule has 0 aromatic heterocycles. The second kappa shape index (κ2) is 5.55. The van der Waals surface area contributed by atoms with E-state index in [1.54, 1.807) is 0 Å². The highest BCUT2D eigenvalue weighted by Crippen LogP contribution is 2.36. The number of hydrogen-bond donors (Lipinski definition) is 2. The maximum Gasteiger partial charge on any atom is 0.416 e. The van der Waals surface area contributed by atoms with Gasteiger partial charge in [-0.3, -0.25) is 4.79 Å². The first-order chi connectivity index (χ1) is 10.4. The van der Waals surface area contributed by atoms with E-state index >= 15 is 0 Å². The zero-order chi connectivity index (χ0) is 15.9. The van der Waals surface area contributed by atoms with Crippen molar-refractivity contribution in [1.82, 2.24) is 5.32 Å². The van der Waals surface area contributed by atoms with Crippen LogP contribution in [0.15, 0.2) is 12.1 Å². The van der Waals surface area contributed by atoms with Gasteiger partial charge in [0, 0.05) is 12.1 Å². The summed E-state index contributed by atoms with van der Waals surface area (Å²) in [6.07, 6.45) is -3.26. The van der Waals surface area contributed by atoms with Gasteiger partial charge in [-0.2, -0.15) is 13.2 Å². The fraction of sp³-hybridized carbons (Fsp3) is 0.533. The van der Waals surface area contributed by atoms with Crippen LogP contribution in [0.25, 0.3) is 0 Å². The summed E-state index contributed by atoms with van der Waals surface area (Å²) in [5.41, 5.74) is -0.460. The van der Waals surface area contributed by atoms with Gasteiger partial charge in [-0.1, -0.05) is 0 Å². The summed E-state index contributed by atoms with van der Waals surface area (Å²) in [6.45, 7) is -0.156. The van der Waals surface area contributed by atoms with Crippen LogP contribution in [0, 0.1) is 0 Å². The number of hydrogen-bond acceptors (Lipinski definition) is 3. The van der Waals surface area contributed by atoms with E-state index in [0.29, 0.717) is 18.4 Å². The van der Waals surface area contributed by atoms with Crippen LogP contribution in [0.5, 0.6) is 0 Å². The summed E-state index contributed by atoms with van der Waals surface area (Å²) in [4.78, 5) is 11.7. The van der Waals surface area contributed by atoms with E-state index in [-0.39, 0.29) is 30.4 Å². The number of benzene rings is 1. The Morgan fingerprint density at radius 1 is 1.32 bits per heavy atom. The molecule has 2 atom stereocenters. The molecule has 7 heteroatoms. The summed E-state index contributed by atoms with van der Waals surface area (Å²) in [5, 5.41) is 12.1. The predicted octanol–water partition coefficient (Wildman–Crippen LogP) is 2.38. The van der Waals surface area contributed by atoms with Crippen molar-refractivity contribution in [3.8, 4) is 0 Å². The number of aliphatic hydroxyl groups excluding tert-OH is 1. The van der Waals surface area contributed by atoms with E-state index in [2.05, 4.69) is 5.32 Å². The van der Waals surface area contributed by atoms with Gasteiger partial charge in [-0.25, -0.2) is 0 Å². The molecule has 0 unspecified atom stereocenters. The van der Waals surface area contributed by atoms with Crippen molar-refractivity contribution >= 4 is 5.91 Å². The Morgan fingerprint density at radius 3 is 2.73 bits per heavy atom. The van der Waals surface area contributed by atoms with Crippen molar-refractivity contribution in [2.24, 2.45) is 0 Å². The third-order valence-electron chi connectivity index (χ3n) is 4.17. The van der Waals surface area contributed by atoms with E-state index in [4.69, 9.17) is 4.74 Å². The molecule has 1 aliphatic heterocycles. The average Bonchev–Trinajstić information content (AvgIpc) is 3.02. The third kappa shape index (κ3) is 2.83. The highest BCUT2D eigenvalue weighted by Gasteiger charge is 2.37. The van der Waals surface area contributed by atoms with Crippen LogP contribution in [0.3, 0.4) is 0 Å². The number of alkyl halides is 3. The first-order valence-corrected chi connectivity index (χ1v) is 7.17.